The van der Waals surface area contributed by atoms with Gasteiger partial charge in [-0.2, -0.15) is 0 Å². The Bertz CT molecular complexity index is 280. The van der Waals surface area contributed by atoms with Gasteiger partial charge in [0.15, 0.2) is 0 Å². The fourth-order valence-electron chi connectivity index (χ4n) is 4.28. The average Bonchev–Trinajstić information content (AvgIpc) is 2.53. The molecule has 0 aromatic carbocycles. The second-order valence-corrected chi connectivity index (χ2v) is 7.40. The number of ether oxygens (including phenoxy) is 1. The Morgan fingerprint density at radius 1 is 0.857 bits per heavy atom. The van der Waals surface area contributed by atoms with Gasteiger partial charge in [0.1, 0.15) is 0 Å². The third kappa shape index (κ3) is 6.14. The molecule has 0 unspecified atom stereocenters. The van der Waals surface area contributed by atoms with Crippen LogP contribution < -0.4 is 0 Å². The van der Waals surface area contributed by atoms with E-state index in [1.54, 1.807) is 0 Å². The first kappa shape index (κ1) is 17.1. The molecule has 0 bridgehead atoms. The summed E-state index contributed by atoms with van der Waals surface area (Å²) in [6, 6.07) is 0. The Kier molecular flexibility index (Phi) is 7.85. The van der Waals surface area contributed by atoms with Crippen LogP contribution in [-0.4, -0.2) is 12.7 Å². The number of hydrogen-bond acceptors (Lipinski definition) is 1. The molecule has 21 heavy (non-hydrogen) atoms. The quantitative estimate of drug-likeness (QED) is 0.512. The maximum Gasteiger partial charge on any atom is 0.0575 e. The summed E-state index contributed by atoms with van der Waals surface area (Å²) in [6.07, 6.45) is 20.7. The lowest BCUT2D eigenvalue weighted by molar-refractivity contribution is 0.0168. The minimum Gasteiger partial charge on any atom is -0.378 e. The van der Waals surface area contributed by atoms with Crippen molar-refractivity contribution in [2.75, 3.05) is 6.61 Å². The summed E-state index contributed by atoms with van der Waals surface area (Å²) in [6.45, 7) is 5.33. The van der Waals surface area contributed by atoms with E-state index in [1.165, 1.54) is 64.2 Å². The lowest BCUT2D eigenvalue weighted by Gasteiger charge is -2.31. The highest BCUT2D eigenvalue weighted by atomic mass is 16.5. The van der Waals surface area contributed by atoms with Gasteiger partial charge in [-0.3, -0.25) is 0 Å². The molecule has 0 aromatic heterocycles. The smallest absolute Gasteiger partial charge is 0.0575 e. The Balaban J connectivity index is 1.56. The van der Waals surface area contributed by atoms with Crippen LogP contribution in [0, 0.1) is 17.8 Å². The third-order valence-corrected chi connectivity index (χ3v) is 5.69. The van der Waals surface area contributed by atoms with Crippen LogP contribution in [0.4, 0.5) is 0 Å². The zero-order valence-electron chi connectivity index (χ0n) is 14.4. The highest BCUT2D eigenvalue weighted by Gasteiger charge is 2.24. The van der Waals surface area contributed by atoms with Gasteiger partial charge in [-0.25, -0.2) is 0 Å². The summed E-state index contributed by atoms with van der Waals surface area (Å²) in [5.41, 5.74) is 0. The molecule has 122 valence electrons. The van der Waals surface area contributed by atoms with E-state index in [2.05, 4.69) is 26.0 Å². The van der Waals surface area contributed by atoms with Gasteiger partial charge >= 0.3 is 0 Å². The maximum atomic E-state index is 5.90. The molecule has 0 N–H and O–H groups in total. The van der Waals surface area contributed by atoms with Crippen LogP contribution in [0.1, 0.15) is 84.5 Å². The maximum absolute atomic E-state index is 5.90. The molecule has 0 heterocycles. The zero-order valence-corrected chi connectivity index (χ0v) is 14.4. The standard InChI is InChI=1S/C20H36O/c1-3-5-17-6-8-18(9-7-17)10-11-19-12-14-20(15-13-19)21-16-4-2/h3,5,17-20H,4,6-16H2,1-2H3/t17-,18-,19-,20-. The molecule has 2 fully saturated rings. The fraction of sp³-hybridized carbons (Fsp3) is 0.900. The van der Waals surface area contributed by atoms with Crippen LogP contribution in [0.2, 0.25) is 0 Å². The Morgan fingerprint density at radius 3 is 1.95 bits per heavy atom. The second kappa shape index (κ2) is 9.66. The van der Waals surface area contributed by atoms with Crippen LogP contribution in [0.25, 0.3) is 0 Å². The predicted octanol–water partition coefficient (Wildman–Crippen LogP) is 6.13. The molecular weight excluding hydrogens is 256 g/mol. The lowest BCUT2D eigenvalue weighted by Crippen LogP contribution is -2.22. The van der Waals surface area contributed by atoms with Gasteiger partial charge in [-0.1, -0.05) is 31.9 Å². The Morgan fingerprint density at radius 2 is 1.43 bits per heavy atom. The van der Waals surface area contributed by atoms with Gasteiger partial charge in [-0.05, 0) is 82.5 Å². The Hall–Kier alpha value is -0.300. The molecular formula is C20H36O. The van der Waals surface area contributed by atoms with E-state index in [1.807, 2.05) is 0 Å². The van der Waals surface area contributed by atoms with Crippen molar-refractivity contribution in [3.8, 4) is 0 Å². The monoisotopic (exact) mass is 292 g/mol. The topological polar surface area (TPSA) is 9.23 Å². The first-order valence-corrected chi connectivity index (χ1v) is 9.56. The first-order chi connectivity index (χ1) is 10.3. The van der Waals surface area contributed by atoms with Crippen LogP contribution in [0.3, 0.4) is 0 Å². The van der Waals surface area contributed by atoms with Gasteiger partial charge in [-0.15, -0.1) is 0 Å². The molecule has 0 amide bonds. The van der Waals surface area contributed by atoms with Crippen LogP contribution in [-0.2, 0) is 4.74 Å². The fourth-order valence-corrected chi connectivity index (χ4v) is 4.28. The van der Waals surface area contributed by atoms with Crippen molar-refractivity contribution in [3.05, 3.63) is 12.2 Å². The molecule has 2 aliphatic rings. The van der Waals surface area contributed by atoms with E-state index in [-0.39, 0.29) is 0 Å². The number of rotatable bonds is 7. The van der Waals surface area contributed by atoms with Gasteiger partial charge in [0.25, 0.3) is 0 Å². The Labute approximate surface area is 132 Å². The number of allylic oxidation sites excluding steroid dienone is 2. The molecule has 0 saturated heterocycles. The van der Waals surface area contributed by atoms with Crippen LogP contribution >= 0.6 is 0 Å². The lowest BCUT2D eigenvalue weighted by atomic mass is 9.77. The minimum atomic E-state index is 0.581. The van der Waals surface area contributed by atoms with Gasteiger partial charge < -0.3 is 4.74 Å². The van der Waals surface area contributed by atoms with E-state index < -0.39 is 0 Å². The van der Waals surface area contributed by atoms with Crippen LogP contribution in [0.5, 0.6) is 0 Å². The zero-order chi connectivity index (χ0) is 14.9. The average molecular weight is 293 g/mol. The molecule has 0 aliphatic heterocycles. The predicted molar refractivity (Wildman–Crippen MR) is 91.5 cm³/mol. The summed E-state index contributed by atoms with van der Waals surface area (Å²) in [7, 11) is 0. The molecule has 0 spiro atoms. The summed E-state index contributed by atoms with van der Waals surface area (Å²) in [5, 5.41) is 0. The van der Waals surface area contributed by atoms with E-state index in [0.717, 1.165) is 30.8 Å². The van der Waals surface area contributed by atoms with Crippen molar-refractivity contribution in [1.82, 2.24) is 0 Å². The van der Waals surface area contributed by atoms with Crippen molar-refractivity contribution in [1.29, 1.82) is 0 Å². The molecule has 2 aliphatic carbocycles. The molecule has 2 rings (SSSR count). The molecule has 1 heteroatoms. The molecule has 0 aromatic rings. The molecule has 2 saturated carbocycles. The number of hydrogen-bond donors (Lipinski definition) is 0. The highest BCUT2D eigenvalue weighted by molar-refractivity contribution is 4.89. The van der Waals surface area contributed by atoms with E-state index >= 15 is 0 Å². The molecule has 1 nitrogen and oxygen atoms in total. The van der Waals surface area contributed by atoms with Gasteiger partial charge in [0.2, 0.25) is 0 Å². The van der Waals surface area contributed by atoms with Crippen molar-refractivity contribution in [3.63, 3.8) is 0 Å². The largest absolute Gasteiger partial charge is 0.378 e. The molecule has 0 atom stereocenters. The third-order valence-electron chi connectivity index (χ3n) is 5.69. The molecule has 0 radical (unpaired) electrons. The van der Waals surface area contributed by atoms with E-state index in [4.69, 9.17) is 4.74 Å². The minimum absolute atomic E-state index is 0.581. The second-order valence-electron chi connectivity index (χ2n) is 7.40. The van der Waals surface area contributed by atoms with E-state index in [0.29, 0.717) is 6.10 Å². The summed E-state index contributed by atoms with van der Waals surface area (Å²) >= 11 is 0. The normalized spacial score (nSPS) is 34.4. The first-order valence-electron chi connectivity index (χ1n) is 9.56. The van der Waals surface area contributed by atoms with Gasteiger partial charge in [0.05, 0.1) is 6.10 Å². The van der Waals surface area contributed by atoms with Crippen molar-refractivity contribution < 1.29 is 4.74 Å². The van der Waals surface area contributed by atoms with Crippen LogP contribution in [0.15, 0.2) is 12.2 Å². The van der Waals surface area contributed by atoms with Gasteiger partial charge in [0, 0.05) is 6.61 Å². The van der Waals surface area contributed by atoms with Crippen molar-refractivity contribution in [2.24, 2.45) is 17.8 Å². The summed E-state index contributed by atoms with van der Waals surface area (Å²) in [5.74, 6) is 2.91. The SMILES string of the molecule is CC=C[C@H]1CC[C@H](CC[C@H]2CC[C@H](OCCC)CC2)CC1. The summed E-state index contributed by atoms with van der Waals surface area (Å²) in [4.78, 5) is 0. The van der Waals surface area contributed by atoms with Crippen molar-refractivity contribution >= 4 is 0 Å². The van der Waals surface area contributed by atoms with E-state index in [9.17, 15) is 0 Å². The highest BCUT2D eigenvalue weighted by Crippen LogP contribution is 2.36. The van der Waals surface area contributed by atoms with Crippen molar-refractivity contribution in [2.45, 2.75) is 90.6 Å². The summed E-state index contributed by atoms with van der Waals surface area (Å²) < 4.78 is 5.90.